The maximum atomic E-state index is 14.8. The van der Waals surface area contributed by atoms with Crippen LogP contribution in [0.1, 0.15) is 30.5 Å². The molecule has 0 spiro atoms. The molecule has 1 saturated heterocycles. The molecule has 12 heteroatoms. The van der Waals surface area contributed by atoms with Gasteiger partial charge in [-0.2, -0.15) is 18.3 Å². The van der Waals surface area contributed by atoms with Gasteiger partial charge in [0.15, 0.2) is 6.29 Å². The standard InChI is InChI=1S/C28H28F5N3O3S/c1-18(4-3-5-20-6-8-21(9-7-20)28(31,32)33)26-38-13-23(14-39-26)40-19(2)27(37,15-36-17-34-16-35-36)24-11-10-22(29)12-25(24)30/h3-12,16-17,19,23,26,37H,13-15H2,1-2H3/t19-,23?,26?,27-/m1/s1. The molecule has 0 unspecified atom stereocenters. The number of hydrogen-bond donors (Lipinski definition) is 1. The van der Waals surface area contributed by atoms with Crippen LogP contribution in [-0.2, 0) is 27.8 Å². The molecule has 0 saturated carbocycles. The Balaban J connectivity index is 1.36. The fraction of sp³-hybridized carbons (Fsp3) is 0.357. The molecular formula is C28H28F5N3O3S. The lowest BCUT2D eigenvalue weighted by molar-refractivity contribution is -0.153. The van der Waals surface area contributed by atoms with E-state index >= 15 is 0 Å². The Hall–Kier alpha value is -3.06. The van der Waals surface area contributed by atoms with E-state index in [4.69, 9.17) is 9.47 Å². The molecule has 0 aliphatic carbocycles. The van der Waals surface area contributed by atoms with E-state index in [1.165, 1.54) is 47.3 Å². The molecule has 2 aromatic carbocycles. The van der Waals surface area contributed by atoms with Crippen LogP contribution in [0, 0.1) is 11.6 Å². The first-order valence-corrected chi connectivity index (χ1v) is 13.3. The third-order valence-electron chi connectivity index (χ3n) is 6.46. The largest absolute Gasteiger partial charge is 0.416 e. The van der Waals surface area contributed by atoms with Crippen LogP contribution in [0.2, 0.25) is 0 Å². The van der Waals surface area contributed by atoms with Crippen LogP contribution in [-0.4, -0.2) is 49.9 Å². The van der Waals surface area contributed by atoms with Gasteiger partial charge < -0.3 is 14.6 Å². The molecule has 0 amide bonds. The van der Waals surface area contributed by atoms with Gasteiger partial charge in [0.1, 0.15) is 29.9 Å². The predicted molar refractivity (Wildman–Crippen MR) is 141 cm³/mol. The van der Waals surface area contributed by atoms with E-state index in [0.717, 1.165) is 29.8 Å². The van der Waals surface area contributed by atoms with E-state index in [-0.39, 0.29) is 17.4 Å². The second-order valence-corrected chi connectivity index (χ2v) is 11.1. The van der Waals surface area contributed by atoms with Gasteiger partial charge in [0, 0.05) is 16.9 Å². The molecule has 214 valence electrons. The summed E-state index contributed by atoms with van der Waals surface area (Å²) in [6.45, 7) is 4.03. The van der Waals surface area contributed by atoms with Gasteiger partial charge in [-0.25, -0.2) is 18.4 Å². The van der Waals surface area contributed by atoms with Crippen molar-refractivity contribution in [2.24, 2.45) is 0 Å². The average Bonchev–Trinajstić information content (AvgIpc) is 3.41. The highest BCUT2D eigenvalue weighted by Crippen LogP contribution is 2.39. The summed E-state index contributed by atoms with van der Waals surface area (Å²) < 4.78 is 79.6. The highest BCUT2D eigenvalue weighted by atomic mass is 32.2. The Morgan fingerprint density at radius 2 is 1.85 bits per heavy atom. The molecule has 1 N–H and O–H groups in total. The minimum absolute atomic E-state index is 0.0569. The fourth-order valence-corrected chi connectivity index (χ4v) is 5.55. The molecule has 1 aliphatic rings. The Bertz CT molecular complexity index is 1320. The SMILES string of the molecule is CC(=CC=Cc1ccc(C(F)(F)F)cc1)C1OCC(S[C@H](C)[C@](O)(Cn2cncn2)c2ccc(F)cc2F)CO1. The molecule has 3 aromatic rings. The summed E-state index contributed by atoms with van der Waals surface area (Å²) in [5, 5.41) is 14.9. The van der Waals surface area contributed by atoms with Crippen molar-refractivity contribution in [3.63, 3.8) is 0 Å². The average molecular weight is 582 g/mol. The van der Waals surface area contributed by atoms with Gasteiger partial charge in [-0.05, 0) is 36.3 Å². The van der Waals surface area contributed by atoms with Crippen molar-refractivity contribution in [2.75, 3.05) is 13.2 Å². The van der Waals surface area contributed by atoms with E-state index < -0.39 is 40.5 Å². The number of halogens is 5. The van der Waals surface area contributed by atoms with E-state index in [1.54, 1.807) is 25.2 Å². The molecule has 1 aromatic heterocycles. The molecule has 0 radical (unpaired) electrons. The topological polar surface area (TPSA) is 69.4 Å². The lowest BCUT2D eigenvalue weighted by atomic mass is 9.90. The predicted octanol–water partition coefficient (Wildman–Crippen LogP) is 5.99. The van der Waals surface area contributed by atoms with Crippen LogP contribution in [0.3, 0.4) is 0 Å². The van der Waals surface area contributed by atoms with Crippen molar-refractivity contribution in [2.45, 2.75) is 49.0 Å². The number of alkyl halides is 3. The van der Waals surface area contributed by atoms with Gasteiger partial charge in [-0.1, -0.05) is 43.4 Å². The lowest BCUT2D eigenvalue weighted by Crippen LogP contribution is -2.44. The van der Waals surface area contributed by atoms with Crippen molar-refractivity contribution in [1.29, 1.82) is 0 Å². The number of benzene rings is 2. The Labute approximate surface area is 232 Å². The second-order valence-electron chi connectivity index (χ2n) is 9.43. The molecule has 4 rings (SSSR count). The third-order valence-corrected chi connectivity index (χ3v) is 7.92. The smallest absolute Gasteiger partial charge is 0.382 e. The van der Waals surface area contributed by atoms with Crippen molar-refractivity contribution in [1.82, 2.24) is 14.8 Å². The van der Waals surface area contributed by atoms with E-state index in [2.05, 4.69) is 10.1 Å². The van der Waals surface area contributed by atoms with Crippen LogP contribution >= 0.6 is 11.8 Å². The summed E-state index contributed by atoms with van der Waals surface area (Å²) >= 11 is 1.35. The van der Waals surface area contributed by atoms with Crippen molar-refractivity contribution in [3.05, 3.63) is 101 Å². The number of hydrogen-bond acceptors (Lipinski definition) is 6. The summed E-state index contributed by atoms with van der Waals surface area (Å²) in [4.78, 5) is 3.88. The monoisotopic (exact) mass is 581 g/mol. The molecule has 0 bridgehead atoms. The highest BCUT2D eigenvalue weighted by Gasteiger charge is 2.41. The number of aliphatic hydroxyl groups is 1. The molecule has 6 nitrogen and oxygen atoms in total. The minimum Gasteiger partial charge on any atom is -0.382 e. The lowest BCUT2D eigenvalue weighted by Gasteiger charge is -2.38. The Kier molecular flexibility index (Phi) is 9.44. The second kappa shape index (κ2) is 12.6. The van der Waals surface area contributed by atoms with E-state index in [0.29, 0.717) is 18.8 Å². The quantitative estimate of drug-likeness (QED) is 0.248. The van der Waals surface area contributed by atoms with Crippen molar-refractivity contribution < 1.29 is 36.5 Å². The number of rotatable bonds is 9. The fourth-order valence-electron chi connectivity index (χ4n) is 4.24. The van der Waals surface area contributed by atoms with Gasteiger partial charge in [-0.3, -0.25) is 0 Å². The maximum Gasteiger partial charge on any atom is 0.416 e. The molecule has 1 fully saturated rings. The number of allylic oxidation sites excluding steroid dienone is 2. The van der Waals surface area contributed by atoms with E-state index in [1.807, 2.05) is 6.92 Å². The molecule has 1 aliphatic heterocycles. The minimum atomic E-state index is -4.38. The van der Waals surface area contributed by atoms with E-state index in [9.17, 15) is 27.1 Å². The molecular weight excluding hydrogens is 553 g/mol. The zero-order valence-corrected chi connectivity index (χ0v) is 22.5. The number of aromatic nitrogens is 3. The summed E-state index contributed by atoms with van der Waals surface area (Å²) in [5.74, 6) is -1.61. The third kappa shape index (κ3) is 7.36. The van der Waals surface area contributed by atoms with Gasteiger partial charge in [0.2, 0.25) is 0 Å². The van der Waals surface area contributed by atoms with Crippen LogP contribution in [0.5, 0.6) is 0 Å². The van der Waals surface area contributed by atoms with Crippen molar-refractivity contribution in [3.8, 4) is 0 Å². The number of thioether (sulfide) groups is 1. The summed E-state index contributed by atoms with van der Waals surface area (Å²) in [5.41, 5.74) is -1.13. The van der Waals surface area contributed by atoms with Crippen LogP contribution in [0.4, 0.5) is 22.0 Å². The Morgan fingerprint density at radius 3 is 2.45 bits per heavy atom. The van der Waals surface area contributed by atoms with Crippen molar-refractivity contribution >= 4 is 17.8 Å². The zero-order valence-electron chi connectivity index (χ0n) is 21.7. The first-order chi connectivity index (χ1) is 19.0. The van der Waals surface area contributed by atoms with Crippen LogP contribution in [0.25, 0.3) is 6.08 Å². The Morgan fingerprint density at radius 1 is 1.15 bits per heavy atom. The normalized spacial score (nSPS) is 20.9. The first-order valence-electron chi connectivity index (χ1n) is 12.4. The highest BCUT2D eigenvalue weighted by molar-refractivity contribution is 8.00. The van der Waals surface area contributed by atoms with Gasteiger partial charge in [0.25, 0.3) is 0 Å². The molecule has 40 heavy (non-hydrogen) atoms. The zero-order chi connectivity index (χ0) is 28.9. The maximum absolute atomic E-state index is 14.8. The summed E-state index contributed by atoms with van der Waals surface area (Å²) in [7, 11) is 0. The van der Waals surface area contributed by atoms with Crippen LogP contribution in [0.15, 0.2) is 72.8 Å². The van der Waals surface area contributed by atoms with Gasteiger partial charge >= 0.3 is 6.18 Å². The van der Waals surface area contributed by atoms with Gasteiger partial charge in [-0.15, -0.1) is 11.8 Å². The summed E-state index contributed by atoms with van der Waals surface area (Å²) in [6, 6.07) is 7.90. The number of ether oxygens (including phenoxy) is 2. The first kappa shape index (κ1) is 29.9. The van der Waals surface area contributed by atoms with Crippen LogP contribution < -0.4 is 0 Å². The van der Waals surface area contributed by atoms with Gasteiger partial charge in [0.05, 0.1) is 30.6 Å². The molecule has 2 heterocycles. The number of nitrogens with zero attached hydrogens (tertiary/aromatic N) is 3. The summed E-state index contributed by atoms with van der Waals surface area (Å²) in [6.07, 6.45) is 2.85. The molecule has 2 atom stereocenters.